The number of nitrogens with zero attached hydrogens (tertiary/aromatic N) is 6. The van der Waals surface area contributed by atoms with Crippen LogP contribution in [0.5, 0.6) is 0 Å². The number of fused-ring (bicyclic) bond motifs is 1. The molecule has 1 saturated heterocycles. The maximum absolute atomic E-state index is 13.7. The third-order valence-electron chi connectivity index (χ3n) is 6.11. The van der Waals surface area contributed by atoms with E-state index in [4.69, 9.17) is 4.52 Å². The predicted octanol–water partition coefficient (Wildman–Crippen LogP) is 2.05. The van der Waals surface area contributed by atoms with Gasteiger partial charge in [-0.3, -0.25) is 19.1 Å². The van der Waals surface area contributed by atoms with Crippen LogP contribution < -0.4 is 11.1 Å². The molecule has 170 valence electrons. The van der Waals surface area contributed by atoms with Crippen molar-refractivity contribution in [3.63, 3.8) is 0 Å². The molecule has 1 aliphatic rings. The topological polar surface area (TPSA) is 99.1 Å². The molecule has 10 heteroatoms. The minimum absolute atomic E-state index is 0.195. The largest absolute Gasteiger partial charge is 0.338 e. The van der Waals surface area contributed by atoms with Gasteiger partial charge in [-0.15, -0.1) is 0 Å². The van der Waals surface area contributed by atoms with Gasteiger partial charge in [-0.05, 0) is 18.4 Å². The van der Waals surface area contributed by atoms with Gasteiger partial charge in [0, 0.05) is 38.7 Å². The van der Waals surface area contributed by atoms with Crippen molar-refractivity contribution in [3.05, 3.63) is 86.4 Å². The first-order chi connectivity index (χ1) is 16.0. The van der Waals surface area contributed by atoms with E-state index in [1.165, 1.54) is 17.7 Å². The highest BCUT2D eigenvalue weighted by Crippen LogP contribution is 2.24. The Morgan fingerprint density at radius 3 is 2.64 bits per heavy atom. The molecule has 0 radical (unpaired) electrons. The minimum Gasteiger partial charge on any atom is -0.338 e. The van der Waals surface area contributed by atoms with Gasteiger partial charge in [-0.25, -0.2) is 9.37 Å². The summed E-state index contributed by atoms with van der Waals surface area (Å²) in [4.78, 5) is 36.0. The fourth-order valence-electron chi connectivity index (χ4n) is 4.38. The third-order valence-corrected chi connectivity index (χ3v) is 6.11. The molecule has 3 aromatic heterocycles. The van der Waals surface area contributed by atoms with Gasteiger partial charge in [-0.1, -0.05) is 35.5 Å². The zero-order chi connectivity index (χ0) is 22.9. The average Bonchev–Trinajstić information content (AvgIpc) is 3.26. The lowest BCUT2D eigenvalue weighted by Crippen LogP contribution is -2.45. The van der Waals surface area contributed by atoms with Crippen molar-refractivity contribution < 1.29 is 8.91 Å². The summed E-state index contributed by atoms with van der Waals surface area (Å²) in [6, 6.07) is 11.0. The Morgan fingerprint density at radius 1 is 1.12 bits per heavy atom. The number of pyridine rings is 1. The monoisotopic (exact) mass is 450 g/mol. The van der Waals surface area contributed by atoms with Crippen LogP contribution in [-0.4, -0.2) is 42.2 Å². The molecule has 0 unspecified atom stereocenters. The average molecular weight is 450 g/mol. The summed E-state index contributed by atoms with van der Waals surface area (Å²) in [5.41, 5.74) is 0.424. The molecule has 1 aromatic carbocycles. The summed E-state index contributed by atoms with van der Waals surface area (Å²) < 4.78 is 21.7. The van der Waals surface area contributed by atoms with Crippen LogP contribution in [0.1, 0.15) is 36.2 Å². The Hall–Kier alpha value is -3.66. The van der Waals surface area contributed by atoms with Crippen molar-refractivity contribution in [1.82, 2.24) is 29.2 Å². The number of piperidine rings is 1. The Morgan fingerprint density at radius 2 is 1.88 bits per heavy atom. The predicted molar refractivity (Wildman–Crippen MR) is 118 cm³/mol. The highest BCUT2D eigenvalue weighted by atomic mass is 19.1. The Balaban J connectivity index is 1.29. The van der Waals surface area contributed by atoms with Gasteiger partial charge in [0.1, 0.15) is 5.82 Å². The Kier molecular flexibility index (Phi) is 5.59. The highest BCUT2D eigenvalue weighted by Gasteiger charge is 2.26. The number of aromatic nitrogens is 5. The lowest BCUT2D eigenvalue weighted by atomic mass is 10.0. The zero-order valence-electron chi connectivity index (χ0n) is 18.1. The second kappa shape index (κ2) is 8.70. The quantitative estimate of drug-likeness (QED) is 0.429. The smallest absolute Gasteiger partial charge is 0.318 e. The maximum atomic E-state index is 13.7. The number of aryl methyl sites for hydroxylation is 1. The molecule has 0 amide bonds. The summed E-state index contributed by atoms with van der Waals surface area (Å²) in [5, 5.41) is 4.08. The van der Waals surface area contributed by atoms with Crippen molar-refractivity contribution in [1.29, 1.82) is 0 Å². The molecule has 4 aromatic rings. The maximum Gasteiger partial charge on any atom is 0.318 e. The molecule has 5 rings (SSSR count). The molecule has 33 heavy (non-hydrogen) atoms. The van der Waals surface area contributed by atoms with Crippen LogP contribution in [0.4, 0.5) is 4.39 Å². The molecule has 0 spiro atoms. The van der Waals surface area contributed by atoms with Crippen LogP contribution in [0.25, 0.3) is 11.2 Å². The van der Waals surface area contributed by atoms with E-state index < -0.39 is 16.9 Å². The molecule has 1 aliphatic heterocycles. The van der Waals surface area contributed by atoms with Gasteiger partial charge in [-0.2, -0.15) is 4.98 Å². The van der Waals surface area contributed by atoms with Crippen molar-refractivity contribution in [2.75, 3.05) is 13.1 Å². The molecule has 0 aliphatic carbocycles. The SMILES string of the molecule is Cn1c(=O)c(=O)n(C2CCN(Cc3nc(Cc4ccccc4)no3)CC2)c2ncc(F)cc21. The number of benzene rings is 1. The summed E-state index contributed by atoms with van der Waals surface area (Å²) in [7, 11) is 1.45. The summed E-state index contributed by atoms with van der Waals surface area (Å²) in [5.74, 6) is 0.638. The number of hydrogen-bond acceptors (Lipinski definition) is 7. The highest BCUT2D eigenvalue weighted by molar-refractivity contribution is 5.70. The Bertz CT molecular complexity index is 1400. The van der Waals surface area contributed by atoms with Crippen molar-refractivity contribution in [2.24, 2.45) is 7.05 Å². The van der Waals surface area contributed by atoms with Crippen LogP contribution in [0, 0.1) is 5.82 Å². The first-order valence-electron chi connectivity index (χ1n) is 10.8. The van der Waals surface area contributed by atoms with Crippen molar-refractivity contribution >= 4 is 11.2 Å². The van der Waals surface area contributed by atoms with Gasteiger partial charge in [0.15, 0.2) is 11.5 Å². The summed E-state index contributed by atoms with van der Waals surface area (Å²) in [6.07, 6.45) is 2.97. The van der Waals surface area contributed by atoms with Gasteiger partial charge in [0.2, 0.25) is 5.89 Å². The molecule has 9 nitrogen and oxygen atoms in total. The Labute approximate surface area is 188 Å². The standard InChI is InChI=1S/C23H23FN6O3/c1-28-18-12-16(24)13-25-21(18)30(23(32)22(28)31)17-7-9-29(10-8-17)14-20-26-19(27-33-20)11-15-5-3-2-4-6-15/h2-6,12-13,17H,7-11,14H2,1H3. The van der Waals surface area contributed by atoms with E-state index >= 15 is 0 Å². The van der Waals surface area contributed by atoms with E-state index in [-0.39, 0.29) is 6.04 Å². The van der Waals surface area contributed by atoms with Crippen molar-refractivity contribution in [3.8, 4) is 0 Å². The minimum atomic E-state index is -0.686. The van der Waals surface area contributed by atoms with E-state index in [1.807, 2.05) is 30.3 Å². The normalized spacial score (nSPS) is 15.3. The molecule has 0 atom stereocenters. The molecule has 1 fully saturated rings. The summed E-state index contributed by atoms with van der Waals surface area (Å²) in [6.45, 7) is 1.89. The number of halogens is 1. The fraction of sp³-hybridized carbons (Fsp3) is 0.348. The number of hydrogen-bond donors (Lipinski definition) is 0. The van der Waals surface area contributed by atoms with Crippen LogP contribution >= 0.6 is 0 Å². The molecule has 0 bridgehead atoms. The zero-order valence-corrected chi connectivity index (χ0v) is 18.1. The van der Waals surface area contributed by atoms with Gasteiger partial charge in [0.05, 0.1) is 18.3 Å². The molecular weight excluding hydrogens is 427 g/mol. The second-order valence-corrected chi connectivity index (χ2v) is 8.31. The van der Waals surface area contributed by atoms with E-state index in [9.17, 15) is 14.0 Å². The third kappa shape index (κ3) is 4.21. The van der Waals surface area contributed by atoms with Crippen LogP contribution in [-0.2, 0) is 20.0 Å². The first kappa shape index (κ1) is 21.2. The number of rotatable bonds is 5. The first-order valence-corrected chi connectivity index (χ1v) is 10.8. The van der Waals surface area contributed by atoms with Crippen LogP contribution in [0.2, 0.25) is 0 Å². The molecule has 4 heterocycles. The van der Waals surface area contributed by atoms with Crippen LogP contribution in [0.15, 0.2) is 56.7 Å². The lowest BCUT2D eigenvalue weighted by molar-refractivity contribution is 0.161. The summed E-state index contributed by atoms with van der Waals surface area (Å²) >= 11 is 0. The fourth-order valence-corrected chi connectivity index (χ4v) is 4.38. The van der Waals surface area contributed by atoms with E-state index in [0.717, 1.165) is 16.3 Å². The van der Waals surface area contributed by atoms with E-state index in [1.54, 1.807) is 0 Å². The van der Waals surface area contributed by atoms with Gasteiger partial charge in [0.25, 0.3) is 0 Å². The van der Waals surface area contributed by atoms with Crippen molar-refractivity contribution in [2.45, 2.75) is 31.8 Å². The molecule has 0 saturated carbocycles. The number of likely N-dealkylation sites (tertiary alicyclic amines) is 1. The lowest BCUT2D eigenvalue weighted by Gasteiger charge is -2.32. The molecule has 0 N–H and O–H groups in total. The molecular formula is C23H23FN6O3. The second-order valence-electron chi connectivity index (χ2n) is 8.31. The van der Waals surface area contributed by atoms with E-state index in [0.29, 0.717) is 61.8 Å². The van der Waals surface area contributed by atoms with Crippen LogP contribution in [0.3, 0.4) is 0 Å². The van der Waals surface area contributed by atoms with Gasteiger partial charge >= 0.3 is 11.1 Å². The van der Waals surface area contributed by atoms with Gasteiger partial charge < -0.3 is 9.09 Å². The van der Waals surface area contributed by atoms with E-state index in [2.05, 4.69) is 20.0 Å².